The lowest BCUT2D eigenvalue weighted by molar-refractivity contribution is 0.379. The normalized spacial score (nSPS) is 17.7. The fourth-order valence-corrected chi connectivity index (χ4v) is 4.08. The van der Waals surface area contributed by atoms with Crippen LogP contribution in [0.2, 0.25) is 0 Å². The second-order valence-corrected chi connectivity index (χ2v) is 7.66. The van der Waals surface area contributed by atoms with E-state index in [0.29, 0.717) is 18.2 Å². The highest BCUT2D eigenvalue weighted by atomic mass is 32.2. The molecule has 1 aliphatic heterocycles. The number of benzene rings is 1. The molecule has 0 bridgehead atoms. The highest BCUT2D eigenvalue weighted by Crippen LogP contribution is 2.19. The van der Waals surface area contributed by atoms with E-state index in [1.54, 1.807) is 37.6 Å². The molecule has 3 rings (SSSR count). The molecule has 1 aromatic heterocycles. The lowest BCUT2D eigenvalue weighted by Crippen LogP contribution is -2.33. The van der Waals surface area contributed by atoms with Gasteiger partial charge in [-0.2, -0.15) is 0 Å². The standard InChI is InChI=1S/C16H21N3O3S/c1-22-15-4-2-3-14(9-15)12-23(20,21)18-11-13-5-7-19-8-6-17-16(19)10-13/h2-4,6,8-9,13,18H,5,7,10-12H2,1H3/t13-/m1/s1. The van der Waals surface area contributed by atoms with Gasteiger partial charge in [0, 0.05) is 31.9 Å². The van der Waals surface area contributed by atoms with Crippen molar-refractivity contribution in [2.24, 2.45) is 5.92 Å². The van der Waals surface area contributed by atoms with E-state index in [4.69, 9.17) is 4.74 Å². The summed E-state index contributed by atoms with van der Waals surface area (Å²) in [6.07, 6.45) is 5.54. The molecule has 1 aromatic carbocycles. The predicted octanol–water partition coefficient (Wildman–Crippen LogP) is 1.57. The van der Waals surface area contributed by atoms with Crippen LogP contribution in [0.15, 0.2) is 36.7 Å². The third kappa shape index (κ3) is 4.11. The van der Waals surface area contributed by atoms with Gasteiger partial charge in [-0.3, -0.25) is 0 Å². The highest BCUT2D eigenvalue weighted by molar-refractivity contribution is 7.88. The Labute approximate surface area is 136 Å². The number of aromatic nitrogens is 2. The van der Waals surface area contributed by atoms with Gasteiger partial charge in [-0.05, 0) is 30.0 Å². The second kappa shape index (κ2) is 6.72. The molecule has 1 N–H and O–H groups in total. The molecule has 0 saturated carbocycles. The molecule has 0 saturated heterocycles. The molecular weight excluding hydrogens is 314 g/mol. The Morgan fingerprint density at radius 1 is 1.43 bits per heavy atom. The molecule has 0 spiro atoms. The van der Waals surface area contributed by atoms with Crippen molar-refractivity contribution in [1.82, 2.24) is 14.3 Å². The number of nitrogens with zero attached hydrogens (tertiary/aromatic N) is 2. The number of imidazole rings is 1. The largest absolute Gasteiger partial charge is 0.497 e. The van der Waals surface area contributed by atoms with Crippen LogP contribution < -0.4 is 9.46 Å². The van der Waals surface area contributed by atoms with E-state index in [0.717, 1.165) is 30.8 Å². The van der Waals surface area contributed by atoms with E-state index >= 15 is 0 Å². The average molecular weight is 335 g/mol. The van der Waals surface area contributed by atoms with Crippen LogP contribution in [0, 0.1) is 5.92 Å². The van der Waals surface area contributed by atoms with Gasteiger partial charge in [0.05, 0.1) is 12.9 Å². The SMILES string of the molecule is COc1cccc(CS(=O)(=O)NC[C@@H]2CCn3ccnc3C2)c1. The molecule has 1 aliphatic rings. The lowest BCUT2D eigenvalue weighted by atomic mass is 9.98. The van der Waals surface area contributed by atoms with Gasteiger partial charge in [-0.25, -0.2) is 18.1 Å². The Morgan fingerprint density at radius 3 is 3.13 bits per heavy atom. The Morgan fingerprint density at radius 2 is 2.30 bits per heavy atom. The maximum Gasteiger partial charge on any atom is 0.215 e. The van der Waals surface area contributed by atoms with Crippen LogP contribution in [0.25, 0.3) is 0 Å². The molecule has 0 fully saturated rings. The summed E-state index contributed by atoms with van der Waals surface area (Å²) in [6.45, 7) is 1.36. The first-order valence-electron chi connectivity index (χ1n) is 7.66. The Kier molecular flexibility index (Phi) is 4.68. The van der Waals surface area contributed by atoms with E-state index in [-0.39, 0.29) is 5.75 Å². The van der Waals surface area contributed by atoms with Gasteiger partial charge >= 0.3 is 0 Å². The molecule has 0 amide bonds. The van der Waals surface area contributed by atoms with Crippen LogP contribution in [0.1, 0.15) is 17.8 Å². The van der Waals surface area contributed by atoms with Crippen molar-refractivity contribution < 1.29 is 13.2 Å². The van der Waals surface area contributed by atoms with Crippen molar-refractivity contribution >= 4 is 10.0 Å². The number of ether oxygens (including phenoxy) is 1. The fraction of sp³-hybridized carbons (Fsp3) is 0.438. The van der Waals surface area contributed by atoms with E-state index in [2.05, 4.69) is 14.3 Å². The minimum atomic E-state index is -3.36. The van der Waals surface area contributed by atoms with Crippen LogP contribution in [0.5, 0.6) is 5.75 Å². The summed E-state index contributed by atoms with van der Waals surface area (Å²) in [4.78, 5) is 4.31. The van der Waals surface area contributed by atoms with E-state index in [1.807, 2.05) is 6.20 Å². The molecule has 0 radical (unpaired) electrons. The molecule has 6 nitrogen and oxygen atoms in total. The quantitative estimate of drug-likeness (QED) is 0.870. The molecule has 0 aliphatic carbocycles. The molecule has 1 atom stereocenters. The van der Waals surface area contributed by atoms with Gasteiger partial charge in [-0.15, -0.1) is 0 Å². The lowest BCUT2D eigenvalue weighted by Gasteiger charge is -2.23. The predicted molar refractivity (Wildman–Crippen MR) is 87.7 cm³/mol. The zero-order chi connectivity index (χ0) is 16.3. The summed E-state index contributed by atoms with van der Waals surface area (Å²) in [5, 5.41) is 0. The van der Waals surface area contributed by atoms with Crippen molar-refractivity contribution in [3.8, 4) is 5.75 Å². The van der Waals surface area contributed by atoms with Gasteiger partial charge in [-0.1, -0.05) is 12.1 Å². The van der Waals surface area contributed by atoms with Crippen LogP contribution >= 0.6 is 0 Å². The maximum atomic E-state index is 12.3. The van der Waals surface area contributed by atoms with Gasteiger partial charge in [0.15, 0.2) is 0 Å². The average Bonchev–Trinajstić information content (AvgIpc) is 3.00. The topological polar surface area (TPSA) is 73.2 Å². The number of fused-ring (bicyclic) bond motifs is 1. The van der Waals surface area contributed by atoms with Crippen molar-refractivity contribution in [2.75, 3.05) is 13.7 Å². The maximum absolute atomic E-state index is 12.3. The smallest absolute Gasteiger partial charge is 0.215 e. The van der Waals surface area contributed by atoms with Crippen LogP contribution in [0.3, 0.4) is 0 Å². The summed E-state index contributed by atoms with van der Waals surface area (Å²) in [5.41, 5.74) is 0.719. The van der Waals surface area contributed by atoms with E-state index < -0.39 is 10.0 Å². The highest BCUT2D eigenvalue weighted by Gasteiger charge is 2.21. The van der Waals surface area contributed by atoms with E-state index in [9.17, 15) is 8.42 Å². The summed E-state index contributed by atoms with van der Waals surface area (Å²) < 4.78 is 34.5. The van der Waals surface area contributed by atoms with Crippen molar-refractivity contribution in [3.63, 3.8) is 0 Å². The number of hydrogen-bond donors (Lipinski definition) is 1. The molecule has 0 unspecified atom stereocenters. The van der Waals surface area contributed by atoms with Gasteiger partial charge < -0.3 is 9.30 Å². The number of methoxy groups -OCH3 is 1. The fourth-order valence-electron chi connectivity index (χ4n) is 2.87. The third-order valence-corrected chi connectivity index (χ3v) is 5.45. The number of hydrogen-bond acceptors (Lipinski definition) is 4. The third-order valence-electron chi connectivity index (χ3n) is 4.13. The molecular formula is C16H21N3O3S. The van der Waals surface area contributed by atoms with Crippen molar-refractivity contribution in [2.45, 2.75) is 25.1 Å². The first-order chi connectivity index (χ1) is 11.1. The van der Waals surface area contributed by atoms with Crippen molar-refractivity contribution in [1.29, 1.82) is 0 Å². The van der Waals surface area contributed by atoms with Gasteiger partial charge in [0.2, 0.25) is 10.0 Å². The molecule has 124 valence electrons. The summed E-state index contributed by atoms with van der Waals surface area (Å²) in [7, 11) is -1.79. The van der Waals surface area contributed by atoms with Crippen LogP contribution in [-0.4, -0.2) is 31.6 Å². The zero-order valence-electron chi connectivity index (χ0n) is 13.1. The second-order valence-electron chi connectivity index (χ2n) is 5.85. The Balaban J connectivity index is 1.57. The Bertz CT molecular complexity index is 770. The van der Waals surface area contributed by atoms with Gasteiger partial charge in [0.25, 0.3) is 0 Å². The molecule has 23 heavy (non-hydrogen) atoms. The summed E-state index contributed by atoms with van der Waals surface area (Å²) in [5.74, 6) is 1.96. The summed E-state index contributed by atoms with van der Waals surface area (Å²) >= 11 is 0. The minimum absolute atomic E-state index is 0.0362. The molecule has 7 heteroatoms. The Hall–Kier alpha value is -1.86. The van der Waals surface area contributed by atoms with Gasteiger partial charge in [0.1, 0.15) is 11.6 Å². The zero-order valence-corrected chi connectivity index (χ0v) is 13.9. The number of rotatable bonds is 6. The number of aryl methyl sites for hydroxylation is 1. The first kappa shape index (κ1) is 16.0. The van der Waals surface area contributed by atoms with E-state index in [1.165, 1.54) is 0 Å². The first-order valence-corrected chi connectivity index (χ1v) is 9.31. The number of nitrogens with one attached hydrogen (secondary N) is 1. The van der Waals surface area contributed by atoms with Crippen LogP contribution in [0.4, 0.5) is 0 Å². The summed E-state index contributed by atoms with van der Waals surface area (Å²) in [6, 6.07) is 7.13. The monoisotopic (exact) mass is 335 g/mol. The molecule has 2 heterocycles. The molecule has 2 aromatic rings. The minimum Gasteiger partial charge on any atom is -0.497 e. The van der Waals surface area contributed by atoms with Crippen molar-refractivity contribution in [3.05, 3.63) is 48.0 Å². The number of sulfonamides is 1. The van der Waals surface area contributed by atoms with Crippen LogP contribution in [-0.2, 0) is 28.7 Å².